The minimum atomic E-state index is -1.28. The SMILES string of the molecule is CN(C)C(=O)[C@H]1CCCC(N(NC(=S)C(=O)Nc2ccc(Cl)cn2)C(=O)O)C1. The number of carbonyl (C=O) groups excluding carboxylic acids is 2. The van der Waals surface area contributed by atoms with Crippen molar-refractivity contribution in [3.8, 4) is 0 Å². The largest absolute Gasteiger partial charge is 0.464 e. The number of hydrogen-bond acceptors (Lipinski definition) is 5. The van der Waals surface area contributed by atoms with Crippen molar-refractivity contribution < 1.29 is 19.5 Å². The van der Waals surface area contributed by atoms with Crippen LogP contribution in [-0.4, -0.2) is 63.0 Å². The van der Waals surface area contributed by atoms with Crippen LogP contribution in [0.25, 0.3) is 0 Å². The molecule has 0 bridgehead atoms. The third-order valence-electron chi connectivity index (χ3n) is 4.40. The summed E-state index contributed by atoms with van der Waals surface area (Å²) < 4.78 is 0. The number of nitrogens with one attached hydrogen (secondary N) is 2. The van der Waals surface area contributed by atoms with Crippen molar-refractivity contribution >= 4 is 52.5 Å². The Kier molecular flexibility index (Phi) is 7.53. The van der Waals surface area contributed by atoms with Crippen LogP contribution >= 0.6 is 23.8 Å². The molecule has 1 aliphatic carbocycles. The smallest absolute Gasteiger partial charge is 0.426 e. The zero-order valence-electron chi connectivity index (χ0n) is 15.5. The second kappa shape index (κ2) is 9.65. The molecule has 3 N–H and O–H groups in total. The van der Waals surface area contributed by atoms with Crippen molar-refractivity contribution in [1.82, 2.24) is 20.3 Å². The number of anilines is 1. The molecule has 2 rings (SSSR count). The van der Waals surface area contributed by atoms with Gasteiger partial charge in [-0.15, -0.1) is 0 Å². The van der Waals surface area contributed by atoms with Crippen LogP contribution in [0.4, 0.5) is 10.6 Å². The van der Waals surface area contributed by atoms with Gasteiger partial charge in [0.1, 0.15) is 5.82 Å². The standard InChI is InChI=1S/C17H22ClN5O4S/c1-22(2)16(25)10-4-3-5-12(8-10)23(17(26)27)21-15(28)14(24)20-13-7-6-11(18)9-19-13/h6-7,9-10,12H,3-5,8H2,1-2H3,(H,21,28)(H,26,27)(H,19,20,24)/t10-,12?/m0/s1. The maximum atomic E-state index is 12.2. The number of rotatable bonds is 3. The lowest BCUT2D eigenvalue weighted by atomic mass is 9.84. The van der Waals surface area contributed by atoms with Crippen molar-refractivity contribution in [2.24, 2.45) is 5.92 Å². The summed E-state index contributed by atoms with van der Waals surface area (Å²) in [6.45, 7) is 0. The summed E-state index contributed by atoms with van der Waals surface area (Å²) >= 11 is 10.8. The van der Waals surface area contributed by atoms with Gasteiger partial charge in [0.25, 0.3) is 5.91 Å². The van der Waals surface area contributed by atoms with E-state index in [1.54, 1.807) is 20.2 Å². The van der Waals surface area contributed by atoms with Crippen molar-refractivity contribution in [1.29, 1.82) is 0 Å². The van der Waals surface area contributed by atoms with Gasteiger partial charge >= 0.3 is 6.09 Å². The van der Waals surface area contributed by atoms with Crippen LogP contribution in [0.15, 0.2) is 18.3 Å². The van der Waals surface area contributed by atoms with Gasteiger partial charge in [-0.1, -0.05) is 30.2 Å². The molecule has 1 heterocycles. The molecule has 1 fully saturated rings. The Labute approximate surface area is 173 Å². The number of aromatic nitrogens is 1. The van der Waals surface area contributed by atoms with Gasteiger partial charge < -0.3 is 15.3 Å². The zero-order valence-corrected chi connectivity index (χ0v) is 17.1. The third-order valence-corrected chi connectivity index (χ3v) is 4.91. The maximum Gasteiger partial charge on any atom is 0.426 e. The lowest BCUT2D eigenvalue weighted by molar-refractivity contribution is -0.134. The molecule has 1 aromatic rings. The van der Waals surface area contributed by atoms with Crippen LogP contribution in [0.1, 0.15) is 25.7 Å². The fraction of sp³-hybridized carbons (Fsp3) is 0.471. The summed E-state index contributed by atoms with van der Waals surface area (Å²) in [6, 6.07) is 2.57. The van der Waals surface area contributed by atoms with Gasteiger partial charge in [-0.25, -0.2) is 14.8 Å². The number of pyridine rings is 1. The van der Waals surface area contributed by atoms with E-state index < -0.39 is 18.0 Å². The molecule has 0 aliphatic heterocycles. The molecule has 2 atom stereocenters. The second-order valence-electron chi connectivity index (χ2n) is 6.66. The summed E-state index contributed by atoms with van der Waals surface area (Å²) in [7, 11) is 3.34. The summed E-state index contributed by atoms with van der Waals surface area (Å²) in [6.07, 6.45) is 2.42. The van der Waals surface area contributed by atoms with E-state index >= 15 is 0 Å². The number of thiocarbonyl (C=S) groups is 1. The first-order chi connectivity index (χ1) is 13.2. The summed E-state index contributed by atoms with van der Waals surface area (Å²) in [5, 5.41) is 13.3. The molecule has 1 saturated carbocycles. The maximum absolute atomic E-state index is 12.2. The number of halogens is 1. The molecule has 1 aliphatic rings. The Balaban J connectivity index is 2.02. The molecular formula is C17H22ClN5O4S. The average Bonchev–Trinajstić information content (AvgIpc) is 2.66. The first-order valence-electron chi connectivity index (χ1n) is 8.66. The van der Waals surface area contributed by atoms with Crippen molar-refractivity contribution in [3.05, 3.63) is 23.4 Å². The van der Waals surface area contributed by atoms with E-state index in [1.807, 2.05) is 0 Å². The van der Waals surface area contributed by atoms with E-state index in [0.717, 1.165) is 5.01 Å². The molecule has 9 nitrogen and oxygen atoms in total. The quantitative estimate of drug-likeness (QED) is 0.500. The van der Waals surface area contributed by atoms with Gasteiger partial charge in [-0.2, -0.15) is 0 Å². The number of carbonyl (C=O) groups is 3. The van der Waals surface area contributed by atoms with E-state index in [1.165, 1.54) is 17.2 Å². The highest BCUT2D eigenvalue weighted by molar-refractivity contribution is 7.82. The zero-order chi connectivity index (χ0) is 20.8. The predicted molar refractivity (Wildman–Crippen MR) is 108 cm³/mol. The van der Waals surface area contributed by atoms with E-state index in [4.69, 9.17) is 23.8 Å². The summed E-state index contributed by atoms with van der Waals surface area (Å²) in [4.78, 5) is 41.3. The third kappa shape index (κ3) is 5.77. The Morgan fingerprint density at radius 2 is 2.00 bits per heavy atom. The van der Waals surface area contributed by atoms with Gasteiger partial charge in [-0.05, 0) is 31.4 Å². The number of hydrazine groups is 1. The Bertz CT molecular complexity index is 758. The van der Waals surface area contributed by atoms with Crippen LogP contribution in [-0.2, 0) is 9.59 Å². The molecule has 152 valence electrons. The summed E-state index contributed by atoms with van der Waals surface area (Å²) in [5.41, 5.74) is 2.48. The van der Waals surface area contributed by atoms with Crippen LogP contribution in [0.3, 0.4) is 0 Å². The fourth-order valence-electron chi connectivity index (χ4n) is 3.07. The Morgan fingerprint density at radius 3 is 2.57 bits per heavy atom. The van der Waals surface area contributed by atoms with Gasteiger partial charge in [0.2, 0.25) is 5.91 Å². The van der Waals surface area contributed by atoms with Crippen molar-refractivity contribution in [2.45, 2.75) is 31.7 Å². The molecule has 0 saturated heterocycles. The highest BCUT2D eigenvalue weighted by Gasteiger charge is 2.34. The van der Waals surface area contributed by atoms with Gasteiger partial charge in [0.15, 0.2) is 4.99 Å². The molecule has 0 aromatic carbocycles. The van der Waals surface area contributed by atoms with Crippen LogP contribution in [0, 0.1) is 5.92 Å². The number of carboxylic acid groups (broad SMARTS) is 1. The topological polar surface area (TPSA) is 115 Å². The lowest BCUT2D eigenvalue weighted by Crippen LogP contribution is -2.55. The van der Waals surface area contributed by atoms with Crippen LogP contribution < -0.4 is 10.7 Å². The highest BCUT2D eigenvalue weighted by Crippen LogP contribution is 2.28. The first kappa shape index (κ1) is 21.8. The fourth-order valence-corrected chi connectivity index (χ4v) is 3.33. The van der Waals surface area contributed by atoms with Gasteiger partial charge in [0, 0.05) is 26.2 Å². The Hall–Kier alpha value is -2.46. The number of amides is 3. The van der Waals surface area contributed by atoms with E-state index in [2.05, 4.69) is 15.7 Å². The Morgan fingerprint density at radius 1 is 1.29 bits per heavy atom. The molecule has 3 amide bonds. The highest BCUT2D eigenvalue weighted by atomic mass is 35.5. The summed E-state index contributed by atoms with van der Waals surface area (Å²) in [5.74, 6) is -0.773. The van der Waals surface area contributed by atoms with E-state index in [-0.39, 0.29) is 22.6 Å². The molecule has 0 spiro atoms. The van der Waals surface area contributed by atoms with Crippen molar-refractivity contribution in [2.75, 3.05) is 19.4 Å². The molecule has 1 aromatic heterocycles. The first-order valence-corrected chi connectivity index (χ1v) is 9.44. The molecule has 28 heavy (non-hydrogen) atoms. The predicted octanol–water partition coefficient (Wildman–Crippen LogP) is 2.13. The minimum absolute atomic E-state index is 0.0378. The van der Waals surface area contributed by atoms with Gasteiger partial charge in [0.05, 0.1) is 11.1 Å². The van der Waals surface area contributed by atoms with Crippen molar-refractivity contribution in [3.63, 3.8) is 0 Å². The second-order valence-corrected chi connectivity index (χ2v) is 7.50. The minimum Gasteiger partial charge on any atom is -0.464 e. The normalized spacial score (nSPS) is 18.7. The molecule has 0 radical (unpaired) electrons. The van der Waals surface area contributed by atoms with Crippen LogP contribution in [0.2, 0.25) is 5.02 Å². The van der Waals surface area contributed by atoms with Crippen LogP contribution in [0.5, 0.6) is 0 Å². The van der Waals surface area contributed by atoms with E-state index in [0.29, 0.717) is 30.7 Å². The molecular weight excluding hydrogens is 406 g/mol. The number of nitrogens with zero attached hydrogens (tertiary/aromatic N) is 3. The van der Waals surface area contributed by atoms with Gasteiger partial charge in [-0.3, -0.25) is 15.0 Å². The number of hydrogen-bond donors (Lipinski definition) is 3. The van der Waals surface area contributed by atoms with E-state index in [9.17, 15) is 19.5 Å². The molecule has 11 heteroatoms. The average molecular weight is 428 g/mol. The monoisotopic (exact) mass is 427 g/mol. The molecule has 1 unspecified atom stereocenters. The lowest BCUT2D eigenvalue weighted by Gasteiger charge is -2.36.